The van der Waals surface area contributed by atoms with Crippen LogP contribution in [0.4, 0.5) is 5.69 Å². The van der Waals surface area contributed by atoms with Gasteiger partial charge in [0.2, 0.25) is 0 Å². The minimum Gasteiger partial charge on any atom is -0.505 e. The van der Waals surface area contributed by atoms with E-state index in [2.05, 4.69) is 46.9 Å². The summed E-state index contributed by atoms with van der Waals surface area (Å²) in [7, 11) is 0. The van der Waals surface area contributed by atoms with Gasteiger partial charge in [0, 0.05) is 44.1 Å². The fraction of sp³-hybridized carbons (Fsp3) is 0.135. The van der Waals surface area contributed by atoms with Crippen LogP contribution < -0.4 is 5.32 Å². The molecule has 1 amide bonds. The first-order valence-electron chi connectivity index (χ1n) is 14.6. The summed E-state index contributed by atoms with van der Waals surface area (Å²) in [5, 5.41) is 24.0. The maximum atomic E-state index is 11.6. The number of nitrogens with zero attached hydrogens (tertiary/aromatic N) is 1. The van der Waals surface area contributed by atoms with Gasteiger partial charge < -0.3 is 20.3 Å². The Morgan fingerprint density at radius 2 is 1.41 bits per heavy atom. The number of aromatic nitrogens is 1. The summed E-state index contributed by atoms with van der Waals surface area (Å²) in [6.07, 6.45) is 0.561. The Hall–Kier alpha value is -4.62. The molecule has 0 fully saturated rings. The highest BCUT2D eigenvalue weighted by molar-refractivity contribution is 9.11. The van der Waals surface area contributed by atoms with Crippen molar-refractivity contribution in [1.29, 1.82) is 0 Å². The van der Waals surface area contributed by atoms with E-state index in [4.69, 9.17) is 23.2 Å². The Morgan fingerprint density at radius 1 is 0.843 bits per heavy atom. The summed E-state index contributed by atoms with van der Waals surface area (Å²) in [6.45, 7) is 1.10. The van der Waals surface area contributed by atoms with E-state index in [1.54, 1.807) is 72.8 Å². The largest absolute Gasteiger partial charge is 0.505 e. The van der Waals surface area contributed by atoms with Gasteiger partial charge in [-0.2, -0.15) is 0 Å². The van der Waals surface area contributed by atoms with Crippen LogP contribution in [0.5, 0.6) is 5.75 Å². The Bertz CT molecular complexity index is 2110. The molecular weight excluding hydrogens is 831 g/mol. The van der Waals surface area contributed by atoms with Crippen molar-refractivity contribution < 1.29 is 38.9 Å². The standard InChI is InChI=1S/C17H11BrClNO3.C11H11ClO3.C8H4BrNO2.CH4/c18-12-3-1-2-11-14(17(22)23)16(21)13(20-15(11)12)8-9-4-6-10(19)7-5-9;1-8(13)15-7-11(14)6-9-2-4-10(12)5-3-9;9-5-3-1-2-4-6(5)10-8(12)7(4)11;/h1-7,21H,8H2,(H,22,23);2-5H,6-7H2,1H3;1-3H,(H,10,11,12);1H4. The number of nitrogens with one attached hydrogen (secondary N) is 1. The van der Waals surface area contributed by atoms with E-state index in [1.807, 2.05) is 12.1 Å². The second kappa shape index (κ2) is 18.6. The van der Waals surface area contributed by atoms with Crippen molar-refractivity contribution in [3.8, 4) is 5.75 Å². The van der Waals surface area contributed by atoms with Gasteiger partial charge in [-0.15, -0.1) is 0 Å². The van der Waals surface area contributed by atoms with Gasteiger partial charge in [0.25, 0.3) is 11.7 Å². The molecule has 2 heterocycles. The molecule has 3 N–H and O–H groups in total. The minimum absolute atomic E-state index is 0. The molecule has 0 saturated carbocycles. The number of rotatable bonds is 7. The number of hydrogen-bond acceptors (Lipinski definition) is 8. The minimum atomic E-state index is -1.19. The van der Waals surface area contributed by atoms with E-state index in [9.17, 15) is 34.2 Å². The SMILES string of the molecule is C.CC(=O)OCC(=O)Cc1ccc(Cl)cc1.O=C(O)c1c(O)c(Cc2ccc(Cl)cc2)nc2c(Br)cccc12.O=C1Nc2c(Br)cccc2C1=O. The van der Waals surface area contributed by atoms with E-state index in [0.717, 1.165) is 15.6 Å². The first kappa shape index (κ1) is 40.8. The number of anilines is 1. The molecule has 6 rings (SSSR count). The topological polar surface area (TPSA) is 160 Å². The average molecular weight is 861 g/mol. The highest BCUT2D eigenvalue weighted by atomic mass is 79.9. The molecule has 5 aromatic rings. The van der Waals surface area contributed by atoms with E-state index in [-0.39, 0.29) is 37.6 Å². The summed E-state index contributed by atoms with van der Waals surface area (Å²) < 4.78 is 6.00. The average Bonchev–Trinajstić information content (AvgIpc) is 3.37. The number of carboxylic acids is 1. The number of hydrogen-bond donors (Lipinski definition) is 3. The lowest BCUT2D eigenvalue weighted by Gasteiger charge is -2.11. The molecule has 1 aliphatic heterocycles. The number of Topliss-reactive ketones (excluding diaryl/α,β-unsaturated/α-hetero) is 2. The lowest BCUT2D eigenvalue weighted by Crippen LogP contribution is -2.13. The van der Waals surface area contributed by atoms with Gasteiger partial charge in [-0.1, -0.05) is 73.1 Å². The smallest absolute Gasteiger partial charge is 0.340 e. The van der Waals surface area contributed by atoms with Crippen molar-refractivity contribution in [2.75, 3.05) is 11.9 Å². The number of fused-ring (bicyclic) bond motifs is 2. The molecule has 264 valence electrons. The Morgan fingerprint density at radius 3 is 1.98 bits per heavy atom. The Balaban J connectivity index is 0.000000218. The first-order valence-corrected chi connectivity index (χ1v) is 16.9. The molecular formula is C37H30Br2Cl2N2O8. The molecule has 0 unspecified atom stereocenters. The molecule has 0 saturated heterocycles. The number of esters is 1. The highest BCUT2D eigenvalue weighted by Crippen LogP contribution is 2.34. The number of carbonyl (C=O) groups is 5. The lowest BCUT2D eigenvalue weighted by molar-refractivity contribution is -0.145. The van der Waals surface area contributed by atoms with Gasteiger partial charge in [0.15, 0.2) is 11.5 Å². The number of para-hydroxylation sites is 2. The quantitative estimate of drug-likeness (QED) is 0.107. The number of ether oxygens (including phenoxy) is 1. The first-order chi connectivity index (χ1) is 23.7. The predicted molar refractivity (Wildman–Crippen MR) is 203 cm³/mol. The number of carbonyl (C=O) groups excluding carboxylic acids is 4. The number of carboxylic acid groups (broad SMARTS) is 1. The van der Waals surface area contributed by atoms with Crippen LogP contribution in [-0.4, -0.2) is 51.2 Å². The second-order valence-electron chi connectivity index (χ2n) is 10.6. The van der Waals surface area contributed by atoms with Crippen molar-refractivity contribution in [3.05, 3.63) is 132 Å². The summed E-state index contributed by atoms with van der Waals surface area (Å²) in [5.41, 5.74) is 3.43. The number of ketones is 2. The van der Waals surface area contributed by atoms with Gasteiger partial charge in [0.05, 0.1) is 22.5 Å². The van der Waals surface area contributed by atoms with Crippen LogP contribution >= 0.6 is 55.1 Å². The van der Waals surface area contributed by atoms with Crippen LogP contribution in [0.25, 0.3) is 10.9 Å². The van der Waals surface area contributed by atoms with Gasteiger partial charge in [-0.25, -0.2) is 9.78 Å². The number of aromatic carboxylic acids is 1. The van der Waals surface area contributed by atoms with E-state index in [1.165, 1.54) is 6.92 Å². The number of halogens is 4. The van der Waals surface area contributed by atoms with E-state index < -0.39 is 23.6 Å². The molecule has 0 bridgehead atoms. The molecule has 1 aromatic heterocycles. The molecule has 0 aliphatic carbocycles. The number of benzene rings is 4. The Labute approximate surface area is 320 Å². The van der Waals surface area contributed by atoms with Gasteiger partial charge in [-0.3, -0.25) is 19.2 Å². The fourth-order valence-corrected chi connectivity index (χ4v) is 5.79. The second-order valence-corrected chi connectivity index (χ2v) is 13.2. The third kappa shape index (κ3) is 10.9. The van der Waals surface area contributed by atoms with Gasteiger partial charge in [-0.05, 0) is 85.5 Å². The molecule has 51 heavy (non-hydrogen) atoms. The Kier molecular flexibility index (Phi) is 14.9. The zero-order chi connectivity index (χ0) is 36.5. The van der Waals surface area contributed by atoms with E-state index in [0.29, 0.717) is 48.8 Å². The zero-order valence-electron chi connectivity index (χ0n) is 26.0. The molecule has 0 atom stereocenters. The van der Waals surface area contributed by atoms with Gasteiger partial charge >= 0.3 is 11.9 Å². The molecule has 1 aliphatic rings. The van der Waals surface area contributed by atoms with Crippen LogP contribution in [0, 0.1) is 0 Å². The van der Waals surface area contributed by atoms with Crippen molar-refractivity contribution >= 4 is 101 Å². The van der Waals surface area contributed by atoms with Crippen molar-refractivity contribution in [3.63, 3.8) is 0 Å². The zero-order valence-corrected chi connectivity index (χ0v) is 30.7. The highest BCUT2D eigenvalue weighted by Gasteiger charge is 2.29. The fourth-order valence-electron chi connectivity index (χ4n) is 4.62. The van der Waals surface area contributed by atoms with Crippen LogP contribution in [0.2, 0.25) is 10.0 Å². The molecule has 4 aromatic carbocycles. The summed E-state index contributed by atoms with van der Waals surface area (Å²) >= 11 is 18.2. The van der Waals surface area contributed by atoms with Crippen molar-refractivity contribution in [2.24, 2.45) is 0 Å². The van der Waals surface area contributed by atoms with Crippen LogP contribution in [-0.2, 0) is 32.0 Å². The number of aromatic hydroxyl groups is 1. The molecule has 14 heteroatoms. The lowest BCUT2D eigenvalue weighted by atomic mass is 10.0. The predicted octanol–water partition coefficient (Wildman–Crippen LogP) is 8.88. The molecule has 0 spiro atoms. The third-order valence-corrected chi connectivity index (χ3v) is 8.77. The molecule has 0 radical (unpaired) electrons. The number of pyridine rings is 1. The van der Waals surface area contributed by atoms with Crippen LogP contribution in [0.15, 0.2) is 93.9 Å². The maximum Gasteiger partial charge on any atom is 0.340 e. The monoisotopic (exact) mass is 858 g/mol. The summed E-state index contributed by atoms with van der Waals surface area (Å²) in [6, 6.07) is 24.3. The maximum absolute atomic E-state index is 11.6. The summed E-state index contributed by atoms with van der Waals surface area (Å²) in [4.78, 5) is 59.8. The third-order valence-electron chi connectivity index (χ3n) is 6.97. The molecule has 10 nitrogen and oxygen atoms in total. The summed E-state index contributed by atoms with van der Waals surface area (Å²) in [5.74, 6) is -3.10. The van der Waals surface area contributed by atoms with E-state index >= 15 is 0 Å². The van der Waals surface area contributed by atoms with Crippen molar-refractivity contribution in [2.45, 2.75) is 27.2 Å². The normalized spacial score (nSPS) is 11.2. The van der Waals surface area contributed by atoms with Crippen LogP contribution in [0.3, 0.4) is 0 Å². The van der Waals surface area contributed by atoms with Crippen molar-refractivity contribution in [1.82, 2.24) is 4.98 Å². The number of amides is 1. The van der Waals surface area contributed by atoms with Crippen LogP contribution in [0.1, 0.15) is 51.9 Å². The van der Waals surface area contributed by atoms with Gasteiger partial charge in [0.1, 0.15) is 12.2 Å².